The van der Waals surface area contributed by atoms with Crippen LogP contribution in [0.1, 0.15) is 32.6 Å². The first-order valence-electron chi connectivity index (χ1n) is 8.50. The number of rotatable bonds is 7. The molecule has 0 spiro atoms. The van der Waals surface area contributed by atoms with Crippen molar-refractivity contribution in [1.29, 1.82) is 0 Å². The van der Waals surface area contributed by atoms with Gasteiger partial charge in [0.05, 0.1) is 16.4 Å². The number of anilines is 1. The zero-order chi connectivity index (χ0) is 19.3. The van der Waals surface area contributed by atoms with Crippen molar-refractivity contribution in [1.82, 2.24) is 10.0 Å². The summed E-state index contributed by atoms with van der Waals surface area (Å²) < 4.78 is 25.7. The summed E-state index contributed by atoms with van der Waals surface area (Å²) in [7, 11) is -2.56. The molecule has 0 unspecified atom stereocenters. The second-order valence-corrected chi connectivity index (χ2v) is 8.32. The smallest absolute Gasteiger partial charge is 0.293 e. The van der Waals surface area contributed by atoms with Crippen molar-refractivity contribution in [3.8, 4) is 0 Å². The lowest BCUT2D eigenvalue weighted by atomic mass is 9.86. The largest absolute Gasteiger partial charge is 0.371 e. The minimum Gasteiger partial charge on any atom is -0.371 e. The van der Waals surface area contributed by atoms with E-state index in [0.717, 1.165) is 25.3 Å². The maximum Gasteiger partial charge on any atom is 0.293 e. The number of amides is 1. The Kier molecular flexibility index (Phi) is 6.54. The molecule has 1 amide bonds. The molecule has 2 atom stereocenters. The molecule has 0 radical (unpaired) electrons. The highest BCUT2D eigenvalue weighted by molar-refractivity contribution is 7.89. The fourth-order valence-electron chi connectivity index (χ4n) is 3.06. The maximum absolute atomic E-state index is 12.1. The molecule has 1 aromatic carbocycles. The Balaban J connectivity index is 2.06. The number of carbonyl (C=O) groups is 1. The number of benzene rings is 1. The molecule has 0 aromatic heterocycles. The number of nitrogens with one attached hydrogen (secondary N) is 3. The van der Waals surface area contributed by atoms with E-state index in [-0.39, 0.29) is 29.1 Å². The Morgan fingerprint density at radius 1 is 1.31 bits per heavy atom. The Bertz CT molecular complexity index is 781. The number of nitro benzene ring substituents is 1. The van der Waals surface area contributed by atoms with Crippen LogP contribution in [-0.4, -0.2) is 38.9 Å². The van der Waals surface area contributed by atoms with Crippen LogP contribution in [0, 0.1) is 16.0 Å². The van der Waals surface area contributed by atoms with E-state index in [1.54, 1.807) is 0 Å². The molecule has 1 aliphatic rings. The van der Waals surface area contributed by atoms with Gasteiger partial charge in [-0.25, -0.2) is 13.1 Å². The van der Waals surface area contributed by atoms with Crippen molar-refractivity contribution < 1.29 is 18.1 Å². The summed E-state index contributed by atoms with van der Waals surface area (Å²) in [6.07, 6.45) is 4.25. The molecular weight excluding hydrogens is 360 g/mol. The first-order valence-corrected chi connectivity index (χ1v) is 9.98. The fraction of sp³-hybridized carbons (Fsp3) is 0.562. The van der Waals surface area contributed by atoms with Gasteiger partial charge in [0.25, 0.3) is 5.69 Å². The van der Waals surface area contributed by atoms with Gasteiger partial charge in [-0.15, -0.1) is 0 Å². The lowest BCUT2D eigenvalue weighted by Gasteiger charge is -2.29. The highest BCUT2D eigenvalue weighted by Gasteiger charge is 2.24. The standard InChI is InChI=1S/C16H24N4O5S/c1-11-5-3-4-6-13(11)19-16(21)10-18-14-8-7-12(26(24,25)17-2)9-15(14)20(22)23/h7-9,11,13,17-18H,3-6,10H2,1-2H3,(H,19,21)/t11-,13-/m1/s1. The number of nitro groups is 1. The summed E-state index contributed by atoms with van der Waals surface area (Å²) in [4.78, 5) is 22.5. The monoisotopic (exact) mass is 384 g/mol. The third-order valence-corrected chi connectivity index (χ3v) is 6.05. The van der Waals surface area contributed by atoms with Crippen LogP contribution in [-0.2, 0) is 14.8 Å². The minimum absolute atomic E-state index is 0.0943. The molecule has 1 aromatic rings. The molecule has 1 aliphatic carbocycles. The molecule has 26 heavy (non-hydrogen) atoms. The summed E-state index contributed by atoms with van der Waals surface area (Å²) in [5, 5.41) is 16.9. The van der Waals surface area contributed by atoms with E-state index < -0.39 is 20.6 Å². The molecule has 0 saturated heterocycles. The van der Waals surface area contributed by atoms with E-state index in [4.69, 9.17) is 0 Å². The van der Waals surface area contributed by atoms with Crippen molar-refractivity contribution in [2.75, 3.05) is 18.9 Å². The quantitative estimate of drug-likeness (QED) is 0.483. The zero-order valence-corrected chi connectivity index (χ0v) is 15.6. The molecule has 1 saturated carbocycles. The molecule has 0 bridgehead atoms. The van der Waals surface area contributed by atoms with Crippen molar-refractivity contribution in [3.63, 3.8) is 0 Å². The fourth-order valence-corrected chi connectivity index (χ4v) is 3.81. The number of sulfonamides is 1. The third-order valence-electron chi connectivity index (χ3n) is 4.64. The van der Waals surface area contributed by atoms with Crippen LogP contribution in [0.5, 0.6) is 0 Å². The predicted molar refractivity (Wildman–Crippen MR) is 97.4 cm³/mol. The molecule has 1 fully saturated rings. The molecule has 3 N–H and O–H groups in total. The van der Waals surface area contributed by atoms with Crippen LogP contribution < -0.4 is 15.4 Å². The van der Waals surface area contributed by atoms with E-state index in [1.807, 2.05) is 0 Å². The van der Waals surface area contributed by atoms with Gasteiger partial charge in [0, 0.05) is 12.1 Å². The highest BCUT2D eigenvalue weighted by Crippen LogP contribution is 2.27. The molecule has 9 nitrogen and oxygen atoms in total. The molecule has 2 rings (SSSR count). The van der Waals surface area contributed by atoms with Crippen molar-refractivity contribution in [3.05, 3.63) is 28.3 Å². The average molecular weight is 384 g/mol. The SMILES string of the molecule is CNS(=O)(=O)c1ccc(NCC(=O)N[C@@H]2CCCC[C@H]2C)c([N+](=O)[O-])c1. The topological polar surface area (TPSA) is 130 Å². The minimum atomic E-state index is -3.79. The maximum atomic E-state index is 12.1. The van der Waals surface area contributed by atoms with E-state index in [9.17, 15) is 23.3 Å². The first kappa shape index (κ1) is 20.1. The predicted octanol–water partition coefficient (Wildman–Crippen LogP) is 1.61. The van der Waals surface area contributed by atoms with Gasteiger partial charge in [-0.05, 0) is 37.9 Å². The normalized spacial score (nSPS) is 20.4. The van der Waals surface area contributed by atoms with E-state index in [1.165, 1.54) is 25.6 Å². The number of carbonyl (C=O) groups excluding carboxylic acids is 1. The van der Waals surface area contributed by atoms with Crippen molar-refractivity contribution in [2.45, 2.75) is 43.5 Å². The van der Waals surface area contributed by atoms with Gasteiger partial charge in [-0.3, -0.25) is 14.9 Å². The van der Waals surface area contributed by atoms with Gasteiger partial charge in [-0.1, -0.05) is 19.8 Å². The van der Waals surface area contributed by atoms with Crippen LogP contribution in [0.4, 0.5) is 11.4 Å². The van der Waals surface area contributed by atoms with Crippen LogP contribution >= 0.6 is 0 Å². The van der Waals surface area contributed by atoms with Crippen molar-refractivity contribution >= 4 is 27.3 Å². The summed E-state index contributed by atoms with van der Waals surface area (Å²) in [6, 6.07) is 3.63. The molecule has 0 heterocycles. The number of hydrogen-bond donors (Lipinski definition) is 3. The van der Waals surface area contributed by atoms with Gasteiger partial charge in [0.15, 0.2) is 0 Å². The average Bonchev–Trinajstić information content (AvgIpc) is 2.61. The lowest BCUT2D eigenvalue weighted by molar-refractivity contribution is -0.384. The lowest BCUT2D eigenvalue weighted by Crippen LogP contribution is -2.43. The Morgan fingerprint density at radius 2 is 2.00 bits per heavy atom. The summed E-state index contributed by atoms with van der Waals surface area (Å²) in [6.45, 7) is 1.98. The van der Waals surface area contributed by atoms with Crippen molar-refractivity contribution in [2.24, 2.45) is 5.92 Å². The summed E-state index contributed by atoms with van der Waals surface area (Å²) in [5.74, 6) is 0.165. The van der Waals surface area contributed by atoms with E-state index in [2.05, 4.69) is 22.3 Å². The Hall–Kier alpha value is -2.20. The van der Waals surface area contributed by atoms with Gasteiger partial charge < -0.3 is 10.6 Å². The second-order valence-electron chi connectivity index (χ2n) is 6.43. The van der Waals surface area contributed by atoms with Crippen LogP contribution in [0.2, 0.25) is 0 Å². The van der Waals surface area contributed by atoms with Gasteiger partial charge >= 0.3 is 0 Å². The molecular formula is C16H24N4O5S. The second kappa shape index (κ2) is 8.45. The third kappa shape index (κ3) is 4.92. The van der Waals surface area contributed by atoms with Crippen LogP contribution in [0.25, 0.3) is 0 Å². The van der Waals surface area contributed by atoms with Crippen LogP contribution in [0.15, 0.2) is 23.1 Å². The van der Waals surface area contributed by atoms with Gasteiger partial charge in [-0.2, -0.15) is 0 Å². The van der Waals surface area contributed by atoms with Crippen LogP contribution in [0.3, 0.4) is 0 Å². The molecule has 10 heteroatoms. The van der Waals surface area contributed by atoms with Gasteiger partial charge in [0.1, 0.15) is 5.69 Å². The van der Waals surface area contributed by atoms with E-state index >= 15 is 0 Å². The Morgan fingerprint density at radius 3 is 2.62 bits per heavy atom. The number of nitrogens with zero attached hydrogens (tertiary/aromatic N) is 1. The zero-order valence-electron chi connectivity index (χ0n) is 14.8. The van der Waals surface area contributed by atoms with E-state index in [0.29, 0.717) is 5.92 Å². The first-order chi connectivity index (χ1) is 12.2. The summed E-state index contributed by atoms with van der Waals surface area (Å²) in [5.41, 5.74) is -0.308. The van der Waals surface area contributed by atoms with Gasteiger partial charge in [0.2, 0.25) is 15.9 Å². The highest BCUT2D eigenvalue weighted by atomic mass is 32.2. The number of hydrogen-bond acceptors (Lipinski definition) is 6. The summed E-state index contributed by atoms with van der Waals surface area (Å²) >= 11 is 0. The molecule has 0 aliphatic heterocycles. The molecule has 144 valence electrons. The Labute approximate surface area is 152 Å².